The Kier molecular flexibility index (Phi) is 9.72. The van der Waals surface area contributed by atoms with Crippen LogP contribution in [0.4, 0.5) is 5.82 Å². The highest BCUT2D eigenvalue weighted by Crippen LogP contribution is 2.59. The largest absolute Gasteiger partial charge is 0.380 e. The molecule has 3 aliphatic rings. The highest BCUT2D eigenvalue weighted by molar-refractivity contribution is 9.10. The van der Waals surface area contributed by atoms with Crippen molar-refractivity contribution in [2.45, 2.75) is 90.4 Å². The monoisotopic (exact) mass is 756 g/mol. The van der Waals surface area contributed by atoms with Gasteiger partial charge in [-0.2, -0.15) is 5.10 Å². The molecule has 1 aromatic carbocycles. The number of carbonyl (C=O) groups excluding carboxylic acids is 4. The quantitative estimate of drug-likeness (QED) is 0.205. The lowest BCUT2D eigenvalue weighted by Gasteiger charge is -2.27. The second-order valence-electron chi connectivity index (χ2n) is 14.0. The first-order valence-corrected chi connectivity index (χ1v) is 18.2. The fraction of sp³-hybridized carbons (Fsp3) is 0.459. The first kappa shape index (κ1) is 34.9. The molecule has 2 fully saturated rings. The van der Waals surface area contributed by atoms with Gasteiger partial charge in [0.1, 0.15) is 34.5 Å². The molecule has 1 saturated heterocycles. The van der Waals surface area contributed by atoms with Crippen LogP contribution in [-0.4, -0.2) is 78.9 Å². The van der Waals surface area contributed by atoms with Gasteiger partial charge >= 0.3 is 0 Å². The lowest BCUT2D eigenvalue weighted by molar-refractivity contribution is -0.138. The number of benzene rings is 1. The van der Waals surface area contributed by atoms with Gasteiger partial charge in [-0.3, -0.25) is 23.9 Å². The summed E-state index contributed by atoms with van der Waals surface area (Å²) < 4.78 is 7.52. The summed E-state index contributed by atoms with van der Waals surface area (Å²) in [5, 5.41) is 11.5. The van der Waals surface area contributed by atoms with Gasteiger partial charge in [0.2, 0.25) is 17.7 Å². The van der Waals surface area contributed by atoms with Crippen molar-refractivity contribution >= 4 is 56.2 Å². The molecule has 2 aliphatic heterocycles. The second kappa shape index (κ2) is 14.2. The number of ketones is 1. The number of nitrogens with zero attached hydrogens (tertiary/aromatic N) is 6. The van der Waals surface area contributed by atoms with Gasteiger partial charge in [-0.05, 0) is 84.3 Å². The average Bonchev–Trinajstić information content (AvgIpc) is 3.51. The van der Waals surface area contributed by atoms with Crippen molar-refractivity contribution in [2.24, 2.45) is 5.41 Å². The summed E-state index contributed by atoms with van der Waals surface area (Å²) in [4.78, 5) is 69.4. The molecule has 0 spiro atoms. The molecule has 3 amide bonds. The highest BCUT2D eigenvalue weighted by Gasteiger charge is 2.67. The minimum Gasteiger partial charge on any atom is -0.380 e. The predicted molar refractivity (Wildman–Crippen MR) is 193 cm³/mol. The van der Waals surface area contributed by atoms with Crippen molar-refractivity contribution in [3.63, 3.8) is 0 Å². The molecule has 51 heavy (non-hydrogen) atoms. The number of rotatable bonds is 6. The molecule has 266 valence electrons. The number of pyridine rings is 1. The number of Topliss-reactive ketones (excluding diaryl/α,β-unsaturated/α-hetero) is 1. The molecule has 0 radical (unpaired) electrons. The number of methoxy groups -OCH3 is 1. The number of hydrogen-bond acceptors (Lipinski definition) is 9. The van der Waals surface area contributed by atoms with Gasteiger partial charge in [0, 0.05) is 67.4 Å². The Bertz CT molecular complexity index is 2030. The normalized spacial score (nSPS) is 22.3. The Labute approximate surface area is 304 Å². The van der Waals surface area contributed by atoms with Crippen LogP contribution in [0.15, 0.2) is 41.3 Å². The van der Waals surface area contributed by atoms with Gasteiger partial charge < -0.3 is 20.3 Å². The number of carbonyl (C=O) groups is 4. The molecular weight excluding hydrogens is 716 g/mol. The Morgan fingerprint density at radius 3 is 2.57 bits per heavy atom. The Morgan fingerprint density at radius 2 is 1.82 bits per heavy atom. The van der Waals surface area contributed by atoms with E-state index in [-0.39, 0.29) is 48.4 Å². The maximum Gasteiger partial charge on any atom is 0.248 e. The number of nitrogens with one attached hydrogen (secondary N) is 2. The maximum absolute atomic E-state index is 14.5. The first-order chi connectivity index (χ1) is 24.6. The number of aryl methyl sites for hydroxylation is 2. The van der Waals surface area contributed by atoms with E-state index >= 15 is 0 Å². The standard InChI is InChI=1S/C37H41BrN8O5/c1-21(47)33-27-13-25(26-16-39-22(2)40-17-26)12-23-8-6-4-5-7-9-31(48)41-20-37-14-28(36(50)43-35-24(19-51-3)10-11-30(38)42-35)46(29(37)15-37)32(49)18-45(44-33)34(23)27/h10-13,16-17,28-29H,4-9,14-15,18-20H2,1-3H3,(H,41,48)(H,42,43,50)/t28-,29+,37-/m0/s1. The number of amides is 3. The summed E-state index contributed by atoms with van der Waals surface area (Å²) in [6, 6.07) is 6.57. The lowest BCUT2D eigenvalue weighted by Crippen LogP contribution is -2.47. The SMILES string of the molecule is COCc1ccc(Br)nc1NC(=O)[C@@H]1C[C@]23CNC(=O)CCCCCCc4cc(-c5cnc(C)nc5)cc5c(C(C)=O)nn(c45)CC(=O)N1[C@@H]2C3. The zero-order chi connectivity index (χ0) is 35.9. The smallest absolute Gasteiger partial charge is 0.248 e. The van der Waals surface area contributed by atoms with E-state index in [4.69, 9.17) is 9.84 Å². The number of ether oxygens (including phenoxy) is 1. The van der Waals surface area contributed by atoms with E-state index in [1.54, 1.807) is 35.2 Å². The summed E-state index contributed by atoms with van der Waals surface area (Å²) in [6.07, 6.45) is 9.17. The van der Waals surface area contributed by atoms with Gasteiger partial charge in [0.25, 0.3) is 0 Å². The van der Waals surface area contributed by atoms with E-state index in [0.717, 1.165) is 47.9 Å². The minimum atomic E-state index is -0.801. The molecule has 1 saturated carbocycles. The average molecular weight is 758 g/mol. The van der Waals surface area contributed by atoms with Crippen LogP contribution in [0.25, 0.3) is 22.0 Å². The van der Waals surface area contributed by atoms with E-state index < -0.39 is 11.5 Å². The number of halogens is 1. The van der Waals surface area contributed by atoms with Gasteiger partial charge in [-0.15, -0.1) is 0 Å². The summed E-state index contributed by atoms with van der Waals surface area (Å²) >= 11 is 3.39. The molecule has 4 aromatic rings. The third-order valence-corrected chi connectivity index (χ3v) is 10.8. The van der Waals surface area contributed by atoms with Gasteiger partial charge in [0.15, 0.2) is 5.78 Å². The molecule has 14 heteroatoms. The molecule has 13 nitrogen and oxygen atoms in total. The van der Waals surface area contributed by atoms with Crippen LogP contribution in [0.3, 0.4) is 0 Å². The van der Waals surface area contributed by atoms with Crippen LogP contribution < -0.4 is 10.6 Å². The van der Waals surface area contributed by atoms with E-state index in [9.17, 15) is 19.2 Å². The highest BCUT2D eigenvalue weighted by atomic mass is 79.9. The van der Waals surface area contributed by atoms with Crippen molar-refractivity contribution < 1.29 is 23.9 Å². The summed E-state index contributed by atoms with van der Waals surface area (Å²) in [5.74, 6) is 0.143. The molecule has 2 N–H and O–H groups in total. The molecule has 5 heterocycles. The Hall–Kier alpha value is -4.56. The zero-order valence-electron chi connectivity index (χ0n) is 29.0. The summed E-state index contributed by atoms with van der Waals surface area (Å²) in [6.45, 7) is 3.79. The number of aromatic nitrogens is 5. The number of piperidine rings is 1. The Balaban J connectivity index is 1.28. The molecule has 7 rings (SSSR count). The fourth-order valence-electron chi connectivity index (χ4n) is 7.72. The van der Waals surface area contributed by atoms with E-state index in [1.807, 2.05) is 19.1 Å². The second-order valence-corrected chi connectivity index (χ2v) is 14.8. The van der Waals surface area contributed by atoms with Crippen molar-refractivity contribution in [3.8, 4) is 11.1 Å². The van der Waals surface area contributed by atoms with Gasteiger partial charge in [-0.25, -0.2) is 15.0 Å². The van der Waals surface area contributed by atoms with Crippen molar-refractivity contribution in [3.05, 3.63) is 63.9 Å². The minimum absolute atomic E-state index is 0.0145. The number of hydrogen-bond donors (Lipinski definition) is 2. The van der Waals surface area contributed by atoms with Crippen LogP contribution in [0.5, 0.6) is 0 Å². The molecule has 0 unspecified atom stereocenters. The topological polar surface area (TPSA) is 161 Å². The predicted octanol–water partition coefficient (Wildman–Crippen LogP) is 4.93. The fourth-order valence-corrected chi connectivity index (χ4v) is 8.03. The van der Waals surface area contributed by atoms with Crippen molar-refractivity contribution in [1.29, 1.82) is 0 Å². The van der Waals surface area contributed by atoms with Crippen molar-refractivity contribution in [1.82, 2.24) is 34.9 Å². The van der Waals surface area contributed by atoms with Crippen molar-refractivity contribution in [2.75, 3.05) is 19.0 Å². The van der Waals surface area contributed by atoms with Crippen LogP contribution in [0.1, 0.15) is 79.3 Å². The Morgan fingerprint density at radius 1 is 1.06 bits per heavy atom. The maximum atomic E-state index is 14.5. The van der Waals surface area contributed by atoms with Crippen LogP contribution in [-0.2, 0) is 38.7 Å². The van der Waals surface area contributed by atoms with E-state index in [1.165, 1.54) is 6.92 Å². The lowest BCUT2D eigenvalue weighted by atomic mass is 9.96. The third kappa shape index (κ3) is 7.03. The van der Waals surface area contributed by atoms with Crippen LogP contribution in [0.2, 0.25) is 0 Å². The molecule has 3 aromatic heterocycles. The van der Waals surface area contributed by atoms with Gasteiger partial charge in [-0.1, -0.05) is 18.9 Å². The van der Waals surface area contributed by atoms with Crippen LogP contribution in [0, 0.1) is 12.3 Å². The van der Waals surface area contributed by atoms with E-state index in [2.05, 4.69) is 47.6 Å². The summed E-state index contributed by atoms with van der Waals surface area (Å²) in [5.41, 5.74) is 3.94. The molecule has 1 aliphatic carbocycles. The van der Waals surface area contributed by atoms with E-state index in [0.29, 0.717) is 59.4 Å². The molecular formula is C37H41BrN8O5. The summed E-state index contributed by atoms with van der Waals surface area (Å²) in [7, 11) is 1.57. The third-order valence-electron chi connectivity index (χ3n) is 10.4. The first-order valence-electron chi connectivity index (χ1n) is 17.4. The zero-order valence-corrected chi connectivity index (χ0v) is 30.6. The molecule has 3 atom stereocenters. The van der Waals surface area contributed by atoms with Gasteiger partial charge in [0.05, 0.1) is 12.1 Å². The molecule has 2 bridgehead atoms. The van der Waals surface area contributed by atoms with Crippen LogP contribution >= 0.6 is 15.9 Å². The number of anilines is 1.